The van der Waals surface area contributed by atoms with Gasteiger partial charge in [-0.1, -0.05) is 181 Å². The minimum Gasteiger partial charge on any atom is -0.423 e. The summed E-state index contributed by atoms with van der Waals surface area (Å²) in [5, 5.41) is 11.1. The largest absolute Gasteiger partial charge is 0.423 e. The number of oxazole rings is 1. The normalized spacial score (nSPS) is 12.3. The Morgan fingerprint density at radius 2 is 0.621 bits per heavy atom. The number of aromatic nitrogens is 20. The number of imidazole rings is 2. The van der Waals surface area contributed by atoms with Crippen LogP contribution in [0.4, 0.5) is 0 Å². The van der Waals surface area contributed by atoms with Crippen molar-refractivity contribution in [1.82, 2.24) is 98.5 Å². The summed E-state index contributed by atoms with van der Waals surface area (Å²) in [4.78, 5) is 97.8. The molecule has 26 rings (SSSR count). The molecule has 0 saturated carbocycles. The summed E-state index contributed by atoms with van der Waals surface area (Å²) >= 11 is 1.61. The van der Waals surface area contributed by atoms with Crippen molar-refractivity contribution < 1.29 is 4.42 Å². The standard InChI is InChI=1S/C94H46N20OS/c1-2-16-51-50(15-1)52-17-3-6-20-57(52)72-73(58-21-7-4-18-53(51)58)110-91-87-85(84-86(82-83(90(91)108-72)102-42-41-101-82)106-65(46-104-84)60-24-14-29-69-92(60)116-94-107-63-25-9-10-26-66(63)114(69)94)103-45-64(105-87)48-32-34-56-61-43-47(49-23-13-28-68-71(49)112-93-113(68)67-27-11-12-30-70(67)115-93)31-33-55(61)54-19-5-8-22-59(54)74-75(62(56)44-48)111-89-81-79(98-38-40-100-81)77-76(95-35-36-96-77)78-80(88(89)109-74)99-39-37-97-78/h1-46H. The second-order valence-electron chi connectivity index (χ2n) is 28.8. The van der Waals surface area contributed by atoms with E-state index < -0.39 is 0 Å². The van der Waals surface area contributed by atoms with Crippen LogP contribution in [0.3, 0.4) is 0 Å². The fourth-order valence-corrected chi connectivity index (χ4v) is 18.8. The van der Waals surface area contributed by atoms with Gasteiger partial charge in [-0.25, -0.2) is 44.9 Å². The summed E-state index contributed by atoms with van der Waals surface area (Å²) < 4.78 is 11.7. The van der Waals surface area contributed by atoms with Crippen LogP contribution in [-0.2, 0) is 0 Å². The van der Waals surface area contributed by atoms with E-state index in [-0.39, 0.29) is 0 Å². The first-order valence-corrected chi connectivity index (χ1v) is 38.5. The topological polar surface area (TPSA) is 254 Å². The smallest absolute Gasteiger partial charge is 0.307 e. The Hall–Kier alpha value is -16.2. The first-order chi connectivity index (χ1) is 57.5. The zero-order valence-corrected chi connectivity index (χ0v) is 61.1. The minimum atomic E-state index is 0.387. The molecule has 0 unspecified atom stereocenters. The van der Waals surface area contributed by atoms with Gasteiger partial charge in [-0.05, 0) is 97.2 Å². The molecule has 21 nitrogen and oxygen atoms in total. The highest BCUT2D eigenvalue weighted by atomic mass is 32.1. The Morgan fingerprint density at radius 3 is 1.19 bits per heavy atom. The van der Waals surface area contributed by atoms with Crippen LogP contribution in [0.25, 0.3) is 263 Å². The molecule has 534 valence electrons. The van der Waals surface area contributed by atoms with E-state index in [0.717, 1.165) is 130 Å². The SMILES string of the molecule is c1ccc2c(c1)nc1sc3c(-c4cnc5c6ncc(-c7ccc8c9cc(-c%10cccc%11c%10nc%10oc%12ccccc%12n%10%11)ccc9c9ccccc9c9nc%10c%11nccnc%11c%11nccnc%11c%11nccnc%11c%10nc9c8c7)nc6c6nc7c8ccccc8c8ccccc8c8ccccc8c7nc6c6nccnc6c5n4)cccc3n12. The van der Waals surface area contributed by atoms with Crippen LogP contribution < -0.4 is 0 Å². The lowest BCUT2D eigenvalue weighted by molar-refractivity contribution is 0.643. The summed E-state index contributed by atoms with van der Waals surface area (Å²) in [6.45, 7) is 0. The molecule has 0 aliphatic heterocycles. The lowest BCUT2D eigenvalue weighted by atomic mass is 9.93. The zero-order chi connectivity index (χ0) is 75.5. The predicted molar refractivity (Wildman–Crippen MR) is 460 cm³/mol. The fraction of sp³-hybridized carbons (Fsp3) is 0. The van der Waals surface area contributed by atoms with E-state index in [4.69, 9.17) is 94.1 Å². The molecule has 0 atom stereocenters. The second-order valence-corrected chi connectivity index (χ2v) is 29.8. The molecule has 0 radical (unpaired) electrons. The number of benzene rings is 10. The maximum atomic E-state index is 6.42. The van der Waals surface area contributed by atoms with Crippen LogP contribution in [0.15, 0.2) is 285 Å². The molecule has 12 aromatic heterocycles. The Labute approximate surface area is 653 Å². The third-order valence-electron chi connectivity index (χ3n) is 22.7. The van der Waals surface area contributed by atoms with Gasteiger partial charge < -0.3 is 4.42 Å². The molecule has 26 aromatic rings. The Morgan fingerprint density at radius 1 is 0.233 bits per heavy atom. The molecule has 0 N–H and O–H groups in total. The summed E-state index contributed by atoms with van der Waals surface area (Å²) in [5.74, 6) is 0.505. The van der Waals surface area contributed by atoms with Crippen molar-refractivity contribution in [1.29, 1.82) is 0 Å². The van der Waals surface area contributed by atoms with Crippen LogP contribution in [0.5, 0.6) is 0 Å². The predicted octanol–water partition coefficient (Wildman–Crippen LogP) is 21.3. The molecule has 22 heteroatoms. The van der Waals surface area contributed by atoms with Crippen molar-refractivity contribution in [3.8, 4) is 33.6 Å². The van der Waals surface area contributed by atoms with Gasteiger partial charge in [0.15, 0.2) is 10.5 Å². The molecular formula is C94H46N20OS. The Bertz CT molecular complexity index is 9190. The number of nitrogens with zero attached hydrogens (tertiary/aromatic N) is 20. The van der Waals surface area contributed by atoms with E-state index in [0.29, 0.717) is 133 Å². The number of rotatable bonds is 3. The Kier molecular flexibility index (Phi) is 12.8. The fourth-order valence-electron chi connectivity index (χ4n) is 17.6. The van der Waals surface area contributed by atoms with Crippen LogP contribution in [0, 0.1) is 0 Å². The molecule has 14 aromatic carbocycles. The molecule has 12 heterocycles. The van der Waals surface area contributed by atoms with Gasteiger partial charge in [0.2, 0.25) is 0 Å². The van der Waals surface area contributed by atoms with E-state index in [1.54, 1.807) is 67.1 Å². The van der Waals surface area contributed by atoms with E-state index in [9.17, 15) is 0 Å². The monoisotopic (exact) mass is 1500 g/mol. The van der Waals surface area contributed by atoms with E-state index in [1.807, 2.05) is 48.7 Å². The average molecular weight is 1500 g/mol. The van der Waals surface area contributed by atoms with Crippen molar-refractivity contribution >= 4 is 240 Å². The first kappa shape index (κ1) is 62.5. The van der Waals surface area contributed by atoms with Gasteiger partial charge in [0, 0.05) is 87.8 Å². The van der Waals surface area contributed by atoms with Crippen molar-refractivity contribution in [2.45, 2.75) is 0 Å². The second kappa shape index (κ2) is 23.7. The number of para-hydroxylation sites is 5. The number of hydrogen-bond acceptors (Lipinski definition) is 20. The molecule has 116 heavy (non-hydrogen) atoms. The first-order valence-electron chi connectivity index (χ1n) is 37.6. The highest BCUT2D eigenvalue weighted by Crippen LogP contribution is 2.45. The quantitative estimate of drug-likeness (QED) is 0.159. The molecule has 0 bridgehead atoms. The summed E-state index contributed by atoms with van der Waals surface area (Å²) in [7, 11) is 0. The van der Waals surface area contributed by atoms with Crippen LogP contribution in [-0.4, -0.2) is 98.5 Å². The summed E-state index contributed by atoms with van der Waals surface area (Å²) in [5.41, 5.74) is 20.2. The minimum absolute atomic E-state index is 0.387. The molecule has 0 spiro atoms. The highest BCUT2D eigenvalue weighted by Gasteiger charge is 2.26. The van der Waals surface area contributed by atoms with Crippen LogP contribution >= 0.6 is 11.3 Å². The van der Waals surface area contributed by atoms with Crippen molar-refractivity contribution in [2.75, 3.05) is 0 Å². The van der Waals surface area contributed by atoms with Crippen molar-refractivity contribution in [2.24, 2.45) is 0 Å². The molecule has 0 aliphatic rings. The number of thiazole rings is 1. The summed E-state index contributed by atoms with van der Waals surface area (Å²) in [6.07, 6.45) is 16.9. The van der Waals surface area contributed by atoms with Gasteiger partial charge >= 0.3 is 5.84 Å². The maximum Gasteiger partial charge on any atom is 0.307 e. The third-order valence-corrected chi connectivity index (χ3v) is 23.7. The van der Waals surface area contributed by atoms with E-state index in [1.165, 1.54) is 0 Å². The van der Waals surface area contributed by atoms with Gasteiger partial charge in [0.25, 0.3) is 0 Å². The van der Waals surface area contributed by atoms with E-state index in [2.05, 4.69) is 185 Å². The Balaban J connectivity index is 0.811. The third kappa shape index (κ3) is 8.85. The highest BCUT2D eigenvalue weighted by molar-refractivity contribution is 7.24. The maximum absolute atomic E-state index is 6.42. The summed E-state index contributed by atoms with van der Waals surface area (Å²) in [6, 6.07) is 75.5. The number of hydrogen-bond donors (Lipinski definition) is 0. The van der Waals surface area contributed by atoms with Gasteiger partial charge in [-0.2, -0.15) is 4.98 Å². The molecule has 0 aliphatic carbocycles. The van der Waals surface area contributed by atoms with Crippen LogP contribution in [0.2, 0.25) is 0 Å². The van der Waals surface area contributed by atoms with Gasteiger partial charge in [0.1, 0.15) is 93.8 Å². The molecular weight excluding hydrogens is 1460 g/mol. The van der Waals surface area contributed by atoms with Crippen molar-refractivity contribution in [3.05, 3.63) is 280 Å². The van der Waals surface area contributed by atoms with Crippen molar-refractivity contribution in [3.63, 3.8) is 0 Å². The van der Waals surface area contributed by atoms with E-state index >= 15 is 0 Å². The number of fused-ring (bicyclic) bond motifs is 42. The lowest BCUT2D eigenvalue weighted by Gasteiger charge is -2.14. The van der Waals surface area contributed by atoms with Gasteiger partial charge in [-0.15, -0.1) is 0 Å². The molecule has 0 amide bonds. The van der Waals surface area contributed by atoms with Gasteiger partial charge in [0.05, 0.1) is 78.1 Å². The average Bonchev–Trinajstić information content (AvgIpc) is 0.841. The molecule has 0 fully saturated rings. The lowest BCUT2D eigenvalue weighted by Crippen LogP contribution is -1.99. The zero-order valence-electron chi connectivity index (χ0n) is 60.3. The molecule has 0 saturated heterocycles. The van der Waals surface area contributed by atoms with Gasteiger partial charge in [-0.3, -0.25) is 48.7 Å². The van der Waals surface area contributed by atoms with Crippen LogP contribution in [0.1, 0.15) is 0 Å².